The molecule has 21 heavy (non-hydrogen) atoms. The molecule has 1 aliphatic rings. The molecule has 2 heterocycles. The van der Waals surface area contributed by atoms with Crippen LogP contribution in [0.5, 0.6) is 0 Å². The standard InChI is InChI=1S/C15H16N4O2/c1-16-15(20)13-9-12(18-21-13)10-3-5-11(6-4-10)14-17-7-8-19(14)2/h3-6,9H,7-8H2,1-2H3,(H,16,20). The number of carbonyl (C=O) groups is 1. The lowest BCUT2D eigenvalue weighted by Crippen LogP contribution is -2.23. The number of hydrogen-bond acceptors (Lipinski definition) is 5. The molecule has 6 heteroatoms. The van der Waals surface area contributed by atoms with E-state index in [2.05, 4.69) is 20.4 Å². The highest BCUT2D eigenvalue weighted by Gasteiger charge is 2.15. The van der Waals surface area contributed by atoms with E-state index in [4.69, 9.17) is 4.52 Å². The SMILES string of the molecule is CNC(=O)c1cc(-c2ccc(C3=NCCN3C)cc2)no1. The van der Waals surface area contributed by atoms with Gasteiger partial charge in [0.25, 0.3) is 5.91 Å². The lowest BCUT2D eigenvalue weighted by Gasteiger charge is -2.13. The first-order chi connectivity index (χ1) is 10.2. The van der Waals surface area contributed by atoms with Gasteiger partial charge in [-0.1, -0.05) is 29.4 Å². The van der Waals surface area contributed by atoms with Gasteiger partial charge in [-0.25, -0.2) is 0 Å². The molecular weight excluding hydrogens is 268 g/mol. The Kier molecular flexibility index (Phi) is 3.43. The lowest BCUT2D eigenvalue weighted by atomic mass is 10.1. The molecule has 1 N–H and O–H groups in total. The second-order valence-electron chi connectivity index (χ2n) is 4.86. The van der Waals surface area contributed by atoms with E-state index in [-0.39, 0.29) is 11.7 Å². The number of amides is 1. The largest absolute Gasteiger partial charge is 0.358 e. The smallest absolute Gasteiger partial charge is 0.289 e. The Morgan fingerprint density at radius 2 is 2.00 bits per heavy atom. The fourth-order valence-electron chi connectivity index (χ4n) is 2.28. The fraction of sp³-hybridized carbons (Fsp3) is 0.267. The molecule has 0 fully saturated rings. The molecule has 0 bridgehead atoms. The summed E-state index contributed by atoms with van der Waals surface area (Å²) in [6.45, 7) is 1.79. The van der Waals surface area contributed by atoms with Gasteiger partial charge in [-0.3, -0.25) is 9.79 Å². The monoisotopic (exact) mass is 284 g/mol. The molecule has 108 valence electrons. The molecule has 0 spiro atoms. The van der Waals surface area contributed by atoms with Crippen molar-refractivity contribution in [3.63, 3.8) is 0 Å². The van der Waals surface area contributed by atoms with Crippen molar-refractivity contribution in [1.29, 1.82) is 0 Å². The Morgan fingerprint density at radius 3 is 2.62 bits per heavy atom. The first-order valence-corrected chi connectivity index (χ1v) is 6.74. The van der Waals surface area contributed by atoms with Crippen LogP contribution in [0.3, 0.4) is 0 Å². The third-order valence-electron chi connectivity index (χ3n) is 3.46. The van der Waals surface area contributed by atoms with Crippen LogP contribution in [-0.2, 0) is 0 Å². The number of aromatic nitrogens is 1. The molecule has 1 amide bonds. The average molecular weight is 284 g/mol. The number of carbonyl (C=O) groups excluding carboxylic acids is 1. The maximum atomic E-state index is 11.5. The quantitative estimate of drug-likeness (QED) is 0.924. The van der Waals surface area contributed by atoms with Crippen molar-refractivity contribution in [3.05, 3.63) is 41.7 Å². The molecule has 0 radical (unpaired) electrons. The van der Waals surface area contributed by atoms with Gasteiger partial charge in [-0.05, 0) is 0 Å². The summed E-state index contributed by atoms with van der Waals surface area (Å²) in [5.41, 5.74) is 2.62. The normalized spacial score (nSPS) is 14.2. The number of rotatable bonds is 3. The molecule has 1 aliphatic heterocycles. The number of likely N-dealkylation sites (N-methyl/N-ethyl adjacent to an activating group) is 1. The van der Waals surface area contributed by atoms with E-state index in [9.17, 15) is 4.79 Å². The van der Waals surface area contributed by atoms with Crippen molar-refractivity contribution in [3.8, 4) is 11.3 Å². The van der Waals surface area contributed by atoms with Crippen molar-refractivity contribution in [2.45, 2.75) is 0 Å². The summed E-state index contributed by atoms with van der Waals surface area (Å²) in [6, 6.07) is 9.55. The van der Waals surface area contributed by atoms with Crippen molar-refractivity contribution in [2.24, 2.45) is 4.99 Å². The molecule has 0 atom stereocenters. The molecule has 2 aromatic rings. The summed E-state index contributed by atoms with van der Waals surface area (Å²) < 4.78 is 5.02. The van der Waals surface area contributed by atoms with Crippen molar-refractivity contribution in [1.82, 2.24) is 15.4 Å². The topological polar surface area (TPSA) is 70.7 Å². The van der Waals surface area contributed by atoms with Crippen LogP contribution in [0.1, 0.15) is 16.1 Å². The van der Waals surface area contributed by atoms with Gasteiger partial charge in [0.2, 0.25) is 5.76 Å². The number of nitrogens with zero attached hydrogens (tertiary/aromatic N) is 3. The van der Waals surface area contributed by atoms with E-state index in [0.717, 1.165) is 30.1 Å². The highest BCUT2D eigenvalue weighted by Crippen LogP contribution is 2.21. The molecule has 1 aromatic heterocycles. The van der Waals surface area contributed by atoms with E-state index in [1.54, 1.807) is 13.1 Å². The Morgan fingerprint density at radius 1 is 1.29 bits per heavy atom. The minimum atomic E-state index is -0.285. The number of nitrogens with one attached hydrogen (secondary N) is 1. The molecule has 0 saturated carbocycles. The molecule has 3 rings (SSSR count). The number of benzene rings is 1. The number of amidine groups is 1. The van der Waals surface area contributed by atoms with Gasteiger partial charge in [0, 0.05) is 37.8 Å². The average Bonchev–Trinajstić information content (AvgIpc) is 3.15. The second kappa shape index (κ2) is 5.40. The van der Waals surface area contributed by atoms with Crippen LogP contribution >= 0.6 is 0 Å². The maximum absolute atomic E-state index is 11.5. The molecule has 6 nitrogen and oxygen atoms in total. The van der Waals surface area contributed by atoms with E-state index in [1.165, 1.54) is 0 Å². The molecule has 1 aromatic carbocycles. The Bertz CT molecular complexity index is 688. The summed E-state index contributed by atoms with van der Waals surface area (Å²) in [4.78, 5) is 18.1. The van der Waals surface area contributed by atoms with Gasteiger partial charge in [-0.2, -0.15) is 0 Å². The third-order valence-corrected chi connectivity index (χ3v) is 3.46. The van der Waals surface area contributed by atoms with Gasteiger partial charge in [0.1, 0.15) is 11.5 Å². The fourth-order valence-corrected chi connectivity index (χ4v) is 2.28. The Hall–Kier alpha value is -2.63. The summed E-state index contributed by atoms with van der Waals surface area (Å²) >= 11 is 0. The molecular formula is C15H16N4O2. The Balaban J connectivity index is 1.84. The van der Waals surface area contributed by atoms with Gasteiger partial charge in [0.15, 0.2) is 0 Å². The Labute approximate surface area is 122 Å². The van der Waals surface area contributed by atoms with Gasteiger partial charge in [-0.15, -0.1) is 0 Å². The zero-order chi connectivity index (χ0) is 14.8. The van der Waals surface area contributed by atoms with E-state index < -0.39 is 0 Å². The predicted molar refractivity (Wildman–Crippen MR) is 79.4 cm³/mol. The zero-order valence-electron chi connectivity index (χ0n) is 12.0. The number of aliphatic imine (C=N–C) groups is 1. The molecule has 0 unspecified atom stereocenters. The van der Waals surface area contributed by atoms with Crippen LogP contribution in [0.2, 0.25) is 0 Å². The highest BCUT2D eigenvalue weighted by atomic mass is 16.5. The van der Waals surface area contributed by atoms with Crippen LogP contribution in [0, 0.1) is 0 Å². The summed E-state index contributed by atoms with van der Waals surface area (Å²) in [6.07, 6.45) is 0. The summed E-state index contributed by atoms with van der Waals surface area (Å²) in [7, 11) is 3.59. The molecule has 0 saturated heterocycles. The first kappa shape index (κ1) is 13.4. The summed E-state index contributed by atoms with van der Waals surface area (Å²) in [5, 5.41) is 6.42. The maximum Gasteiger partial charge on any atom is 0.289 e. The second-order valence-corrected chi connectivity index (χ2v) is 4.86. The van der Waals surface area contributed by atoms with Crippen molar-refractivity contribution >= 4 is 11.7 Å². The van der Waals surface area contributed by atoms with Crippen molar-refractivity contribution < 1.29 is 9.32 Å². The van der Waals surface area contributed by atoms with Crippen LogP contribution in [0.15, 0.2) is 39.8 Å². The van der Waals surface area contributed by atoms with E-state index in [1.807, 2.05) is 31.3 Å². The highest BCUT2D eigenvalue weighted by molar-refractivity contribution is 6.00. The predicted octanol–water partition coefficient (Wildman–Crippen LogP) is 1.39. The zero-order valence-corrected chi connectivity index (χ0v) is 12.0. The van der Waals surface area contributed by atoms with Crippen LogP contribution < -0.4 is 5.32 Å². The van der Waals surface area contributed by atoms with Gasteiger partial charge < -0.3 is 14.7 Å². The third kappa shape index (κ3) is 2.52. The van der Waals surface area contributed by atoms with Crippen LogP contribution in [-0.4, -0.2) is 49.0 Å². The van der Waals surface area contributed by atoms with Crippen LogP contribution in [0.4, 0.5) is 0 Å². The van der Waals surface area contributed by atoms with Crippen LogP contribution in [0.25, 0.3) is 11.3 Å². The number of hydrogen-bond donors (Lipinski definition) is 1. The minimum absolute atomic E-state index is 0.205. The first-order valence-electron chi connectivity index (χ1n) is 6.74. The van der Waals surface area contributed by atoms with E-state index in [0.29, 0.717) is 5.69 Å². The lowest BCUT2D eigenvalue weighted by molar-refractivity contribution is 0.0926. The summed E-state index contributed by atoms with van der Waals surface area (Å²) in [5.74, 6) is 0.927. The molecule has 0 aliphatic carbocycles. The van der Waals surface area contributed by atoms with E-state index >= 15 is 0 Å². The van der Waals surface area contributed by atoms with Crippen molar-refractivity contribution in [2.75, 3.05) is 27.2 Å². The van der Waals surface area contributed by atoms with Gasteiger partial charge >= 0.3 is 0 Å². The van der Waals surface area contributed by atoms with Gasteiger partial charge in [0.05, 0.1) is 6.54 Å². The minimum Gasteiger partial charge on any atom is -0.358 e.